The number of aryl methyl sites for hydroxylation is 1. The summed E-state index contributed by atoms with van der Waals surface area (Å²) in [6.07, 6.45) is 3.39. The smallest absolute Gasteiger partial charge is 0.356 e. The second kappa shape index (κ2) is 6.83. The van der Waals surface area contributed by atoms with E-state index in [1.165, 1.54) is 30.5 Å². The molecule has 1 aromatic carbocycles. The molecule has 24 heavy (non-hydrogen) atoms. The number of amides is 1. The van der Waals surface area contributed by atoms with Crippen LogP contribution in [-0.2, 0) is 4.74 Å². The zero-order valence-electron chi connectivity index (χ0n) is 13.9. The predicted octanol–water partition coefficient (Wildman–Crippen LogP) is 3.15. The highest BCUT2D eigenvalue weighted by Gasteiger charge is 2.31. The average Bonchev–Trinajstić information content (AvgIpc) is 3.10. The molecule has 1 atom stereocenters. The summed E-state index contributed by atoms with van der Waals surface area (Å²) in [5.41, 5.74) is 2.98. The molecule has 1 aliphatic rings. The number of rotatable bonds is 3. The van der Waals surface area contributed by atoms with Crippen molar-refractivity contribution in [1.29, 1.82) is 0 Å². The number of ether oxygens (including phenoxy) is 1. The van der Waals surface area contributed by atoms with Crippen LogP contribution in [0.5, 0.6) is 0 Å². The number of aromatic nitrogens is 1. The van der Waals surface area contributed by atoms with Gasteiger partial charge < -0.3 is 9.64 Å². The van der Waals surface area contributed by atoms with Crippen LogP contribution in [0.3, 0.4) is 0 Å². The van der Waals surface area contributed by atoms with Gasteiger partial charge in [-0.1, -0.05) is 24.3 Å². The van der Waals surface area contributed by atoms with E-state index in [4.69, 9.17) is 0 Å². The van der Waals surface area contributed by atoms with Crippen LogP contribution in [0.4, 0.5) is 0 Å². The molecule has 0 spiro atoms. The summed E-state index contributed by atoms with van der Waals surface area (Å²) in [7, 11) is 1.30. The number of esters is 1. The highest BCUT2D eigenvalue weighted by Crippen LogP contribution is 2.34. The first-order valence-corrected chi connectivity index (χ1v) is 8.02. The van der Waals surface area contributed by atoms with E-state index in [9.17, 15) is 9.59 Å². The van der Waals surface area contributed by atoms with Crippen molar-refractivity contribution >= 4 is 11.9 Å². The molecule has 1 saturated heterocycles. The van der Waals surface area contributed by atoms with Gasteiger partial charge >= 0.3 is 5.97 Å². The second-order valence-corrected chi connectivity index (χ2v) is 5.93. The van der Waals surface area contributed by atoms with Crippen LogP contribution in [-0.4, -0.2) is 35.4 Å². The van der Waals surface area contributed by atoms with Crippen molar-refractivity contribution in [2.24, 2.45) is 0 Å². The van der Waals surface area contributed by atoms with Crippen molar-refractivity contribution in [3.63, 3.8) is 0 Å². The predicted molar refractivity (Wildman–Crippen MR) is 89.8 cm³/mol. The molecule has 1 aliphatic heterocycles. The minimum Gasteiger partial charge on any atom is -0.464 e. The molecule has 0 radical (unpaired) electrons. The van der Waals surface area contributed by atoms with Gasteiger partial charge in [-0.15, -0.1) is 0 Å². The van der Waals surface area contributed by atoms with E-state index in [-0.39, 0.29) is 17.6 Å². The minimum atomic E-state index is -0.540. The molecule has 2 heterocycles. The Morgan fingerprint density at radius 1 is 1.25 bits per heavy atom. The van der Waals surface area contributed by atoms with Crippen molar-refractivity contribution in [3.05, 3.63) is 65.0 Å². The summed E-state index contributed by atoms with van der Waals surface area (Å²) in [4.78, 5) is 30.4. The molecule has 5 nitrogen and oxygen atoms in total. The maximum absolute atomic E-state index is 13.0. The van der Waals surface area contributed by atoms with Crippen molar-refractivity contribution < 1.29 is 14.3 Å². The molecular formula is C19H20N2O3. The lowest BCUT2D eigenvalue weighted by Gasteiger charge is -2.26. The molecule has 1 aromatic heterocycles. The molecular weight excluding hydrogens is 304 g/mol. The summed E-state index contributed by atoms with van der Waals surface area (Å²) >= 11 is 0. The highest BCUT2D eigenvalue weighted by molar-refractivity contribution is 5.97. The number of nitrogens with zero attached hydrogens (tertiary/aromatic N) is 2. The molecule has 3 rings (SSSR count). The van der Waals surface area contributed by atoms with Gasteiger partial charge in [0.25, 0.3) is 5.91 Å². The van der Waals surface area contributed by atoms with Crippen LogP contribution in [0, 0.1) is 6.92 Å². The highest BCUT2D eigenvalue weighted by atomic mass is 16.5. The lowest BCUT2D eigenvalue weighted by atomic mass is 9.99. The third-order valence-corrected chi connectivity index (χ3v) is 4.46. The summed E-state index contributed by atoms with van der Waals surface area (Å²) in [5.74, 6) is -0.616. The first kappa shape index (κ1) is 16.2. The van der Waals surface area contributed by atoms with E-state index in [1.54, 1.807) is 6.07 Å². The number of carbonyl (C=O) groups excluding carboxylic acids is 2. The number of likely N-dealkylation sites (tertiary alicyclic amines) is 1. The molecule has 1 fully saturated rings. The zero-order valence-corrected chi connectivity index (χ0v) is 13.9. The summed E-state index contributed by atoms with van der Waals surface area (Å²) < 4.78 is 4.68. The standard InChI is InChI=1S/C19H20N2O3/c1-13-6-3-4-7-15(13)17-8-5-11-21(17)18(22)14-9-10-20-16(12-14)19(23)24-2/h3-4,6-7,9-10,12,17H,5,8,11H2,1-2H3/t17-/m1/s1. The molecule has 5 heteroatoms. The molecule has 0 saturated carbocycles. The lowest BCUT2D eigenvalue weighted by Crippen LogP contribution is -2.31. The van der Waals surface area contributed by atoms with Gasteiger partial charge in [-0.2, -0.15) is 0 Å². The molecule has 0 aliphatic carbocycles. The molecule has 1 amide bonds. The normalized spacial score (nSPS) is 16.9. The van der Waals surface area contributed by atoms with E-state index >= 15 is 0 Å². The summed E-state index contributed by atoms with van der Waals surface area (Å²) in [5, 5.41) is 0. The number of methoxy groups -OCH3 is 1. The average molecular weight is 324 g/mol. The fraction of sp³-hybridized carbons (Fsp3) is 0.316. The largest absolute Gasteiger partial charge is 0.464 e. The van der Waals surface area contributed by atoms with E-state index in [0.717, 1.165) is 12.8 Å². The van der Waals surface area contributed by atoms with Crippen LogP contribution in [0.15, 0.2) is 42.6 Å². The number of benzene rings is 1. The maximum Gasteiger partial charge on any atom is 0.356 e. The van der Waals surface area contributed by atoms with E-state index in [0.29, 0.717) is 12.1 Å². The Morgan fingerprint density at radius 2 is 2.04 bits per heavy atom. The third kappa shape index (κ3) is 3.02. The Labute approximate surface area is 141 Å². The number of carbonyl (C=O) groups is 2. The van der Waals surface area contributed by atoms with Crippen molar-refractivity contribution in [2.75, 3.05) is 13.7 Å². The van der Waals surface area contributed by atoms with Gasteiger partial charge in [-0.25, -0.2) is 9.78 Å². The van der Waals surface area contributed by atoms with Crippen LogP contribution < -0.4 is 0 Å². The Hall–Kier alpha value is -2.69. The summed E-state index contributed by atoms with van der Waals surface area (Å²) in [6.45, 7) is 2.78. The molecule has 0 N–H and O–H groups in total. The van der Waals surface area contributed by atoms with E-state index in [1.807, 2.05) is 17.0 Å². The van der Waals surface area contributed by atoms with Crippen molar-refractivity contribution in [1.82, 2.24) is 9.88 Å². The zero-order chi connectivity index (χ0) is 17.1. The monoisotopic (exact) mass is 324 g/mol. The number of hydrogen-bond donors (Lipinski definition) is 0. The van der Waals surface area contributed by atoms with E-state index in [2.05, 4.69) is 28.8 Å². The van der Waals surface area contributed by atoms with Gasteiger partial charge in [0, 0.05) is 18.3 Å². The van der Waals surface area contributed by atoms with Crippen LogP contribution in [0.2, 0.25) is 0 Å². The Morgan fingerprint density at radius 3 is 2.79 bits per heavy atom. The Kier molecular flexibility index (Phi) is 4.60. The SMILES string of the molecule is COC(=O)c1cc(C(=O)N2CCC[C@@H]2c2ccccc2C)ccn1. The van der Waals surface area contributed by atoms with Crippen LogP contribution in [0.25, 0.3) is 0 Å². The van der Waals surface area contributed by atoms with Gasteiger partial charge in [0.15, 0.2) is 0 Å². The van der Waals surface area contributed by atoms with Gasteiger partial charge in [0.05, 0.1) is 13.2 Å². The number of pyridine rings is 1. The van der Waals surface area contributed by atoms with Crippen LogP contribution in [0.1, 0.15) is 50.9 Å². The van der Waals surface area contributed by atoms with Gasteiger partial charge in [-0.05, 0) is 43.0 Å². The lowest BCUT2D eigenvalue weighted by molar-refractivity contribution is 0.0594. The van der Waals surface area contributed by atoms with Gasteiger partial charge in [0.1, 0.15) is 5.69 Å². The molecule has 0 unspecified atom stereocenters. The number of hydrogen-bond acceptors (Lipinski definition) is 4. The fourth-order valence-corrected chi connectivity index (χ4v) is 3.24. The molecule has 124 valence electrons. The Bertz CT molecular complexity index is 773. The molecule has 2 aromatic rings. The molecule has 0 bridgehead atoms. The van der Waals surface area contributed by atoms with Crippen LogP contribution >= 0.6 is 0 Å². The second-order valence-electron chi connectivity index (χ2n) is 5.93. The third-order valence-electron chi connectivity index (χ3n) is 4.46. The topological polar surface area (TPSA) is 59.5 Å². The van der Waals surface area contributed by atoms with E-state index < -0.39 is 5.97 Å². The first-order valence-electron chi connectivity index (χ1n) is 8.02. The van der Waals surface area contributed by atoms with Crippen molar-refractivity contribution in [2.45, 2.75) is 25.8 Å². The minimum absolute atomic E-state index is 0.0756. The quantitative estimate of drug-likeness (QED) is 0.814. The maximum atomic E-state index is 13.0. The fourth-order valence-electron chi connectivity index (χ4n) is 3.24. The van der Waals surface area contributed by atoms with Gasteiger partial charge in [-0.3, -0.25) is 4.79 Å². The summed E-state index contributed by atoms with van der Waals surface area (Å²) in [6, 6.07) is 11.4. The first-order chi connectivity index (χ1) is 11.6. The van der Waals surface area contributed by atoms with Crippen molar-refractivity contribution in [3.8, 4) is 0 Å². The van der Waals surface area contributed by atoms with Gasteiger partial charge in [0.2, 0.25) is 0 Å². The Balaban J connectivity index is 1.89.